The fourth-order valence-electron chi connectivity index (χ4n) is 1.52. The van der Waals surface area contributed by atoms with E-state index < -0.39 is 20.8 Å². The highest BCUT2D eigenvalue weighted by Gasteiger charge is 2.12. The number of hydrazone groups is 1. The van der Waals surface area contributed by atoms with Crippen LogP contribution in [0.4, 0.5) is 10.1 Å². The van der Waals surface area contributed by atoms with Crippen LogP contribution >= 0.6 is 0 Å². The van der Waals surface area contributed by atoms with Crippen molar-refractivity contribution in [3.8, 4) is 0 Å². The van der Waals surface area contributed by atoms with Crippen LogP contribution in [0, 0.1) is 15.9 Å². The molecule has 0 fully saturated rings. The fourth-order valence-corrected chi connectivity index (χ4v) is 2.31. The van der Waals surface area contributed by atoms with E-state index in [2.05, 4.69) is 5.10 Å². The summed E-state index contributed by atoms with van der Waals surface area (Å²) in [6, 6.07) is 9.66. The number of nitro groups is 1. The Morgan fingerprint density at radius 3 is 2.23 bits per heavy atom. The van der Waals surface area contributed by atoms with Gasteiger partial charge in [0, 0.05) is 12.1 Å². The predicted molar refractivity (Wildman–Crippen MR) is 77.4 cm³/mol. The van der Waals surface area contributed by atoms with Crippen molar-refractivity contribution in [2.24, 2.45) is 5.10 Å². The number of nitrogens with one attached hydrogen (secondary N) is 1. The molecule has 2 rings (SSSR count). The normalized spacial score (nSPS) is 11.5. The lowest BCUT2D eigenvalue weighted by atomic mass is 10.2. The Morgan fingerprint density at radius 2 is 1.68 bits per heavy atom. The van der Waals surface area contributed by atoms with E-state index in [1.165, 1.54) is 30.5 Å². The topological polar surface area (TPSA) is 102 Å². The van der Waals surface area contributed by atoms with Crippen LogP contribution in [0.5, 0.6) is 0 Å². The van der Waals surface area contributed by atoms with Crippen LogP contribution in [0.25, 0.3) is 0 Å². The third kappa shape index (κ3) is 3.85. The lowest BCUT2D eigenvalue weighted by Gasteiger charge is -2.02. The number of hydrogen-bond acceptors (Lipinski definition) is 5. The highest BCUT2D eigenvalue weighted by atomic mass is 32.2. The Balaban J connectivity index is 2.08. The van der Waals surface area contributed by atoms with E-state index in [9.17, 15) is 22.9 Å². The molecular formula is C13H10FN3O4S. The van der Waals surface area contributed by atoms with Crippen LogP contribution < -0.4 is 4.83 Å². The van der Waals surface area contributed by atoms with Crippen LogP contribution in [-0.2, 0) is 10.0 Å². The van der Waals surface area contributed by atoms with Gasteiger partial charge in [0.25, 0.3) is 15.7 Å². The first kappa shape index (κ1) is 15.6. The van der Waals surface area contributed by atoms with E-state index in [0.717, 1.165) is 24.3 Å². The van der Waals surface area contributed by atoms with E-state index in [0.29, 0.717) is 5.56 Å². The summed E-state index contributed by atoms with van der Waals surface area (Å²) < 4.78 is 36.4. The third-order valence-electron chi connectivity index (χ3n) is 2.61. The zero-order valence-electron chi connectivity index (χ0n) is 11.0. The molecule has 22 heavy (non-hydrogen) atoms. The molecule has 0 radical (unpaired) electrons. The summed E-state index contributed by atoms with van der Waals surface area (Å²) >= 11 is 0. The molecule has 0 heterocycles. The van der Waals surface area contributed by atoms with Crippen molar-refractivity contribution < 1.29 is 17.7 Å². The number of nitro benzene ring substituents is 1. The molecule has 0 aliphatic rings. The number of benzene rings is 2. The van der Waals surface area contributed by atoms with Gasteiger partial charge in [-0.15, -0.1) is 0 Å². The van der Waals surface area contributed by atoms with Crippen LogP contribution in [0.2, 0.25) is 0 Å². The van der Waals surface area contributed by atoms with E-state index in [-0.39, 0.29) is 10.6 Å². The molecule has 0 saturated carbocycles. The van der Waals surface area contributed by atoms with Crippen molar-refractivity contribution in [1.82, 2.24) is 4.83 Å². The molecule has 0 atom stereocenters. The smallest absolute Gasteiger partial charge is 0.258 e. The third-order valence-corrected chi connectivity index (χ3v) is 3.85. The maximum atomic E-state index is 12.7. The summed E-state index contributed by atoms with van der Waals surface area (Å²) in [5.41, 5.74) is 0.399. The molecule has 7 nitrogen and oxygen atoms in total. The summed E-state index contributed by atoms with van der Waals surface area (Å²) in [5, 5.41) is 14.1. The van der Waals surface area contributed by atoms with Crippen LogP contribution in [0.1, 0.15) is 5.56 Å². The minimum Gasteiger partial charge on any atom is -0.258 e. The van der Waals surface area contributed by atoms with Gasteiger partial charge in [0.1, 0.15) is 5.82 Å². The second-order valence-corrected chi connectivity index (χ2v) is 5.82. The molecule has 2 aromatic rings. The van der Waals surface area contributed by atoms with Gasteiger partial charge in [-0.05, 0) is 42.0 Å². The van der Waals surface area contributed by atoms with Gasteiger partial charge in [-0.3, -0.25) is 10.1 Å². The second-order valence-electron chi connectivity index (χ2n) is 4.16. The van der Waals surface area contributed by atoms with Gasteiger partial charge in [0.2, 0.25) is 0 Å². The zero-order valence-corrected chi connectivity index (χ0v) is 11.8. The first-order valence-corrected chi connectivity index (χ1v) is 7.42. The molecule has 0 spiro atoms. The van der Waals surface area contributed by atoms with Gasteiger partial charge in [-0.1, -0.05) is 0 Å². The largest absolute Gasteiger partial charge is 0.276 e. The van der Waals surface area contributed by atoms with Crippen molar-refractivity contribution in [3.05, 3.63) is 70.0 Å². The molecule has 0 aliphatic heterocycles. The van der Waals surface area contributed by atoms with Gasteiger partial charge in [-0.2, -0.15) is 13.5 Å². The average molecular weight is 323 g/mol. The molecular weight excluding hydrogens is 313 g/mol. The molecule has 0 saturated heterocycles. The van der Waals surface area contributed by atoms with Crippen molar-refractivity contribution in [1.29, 1.82) is 0 Å². The Bertz CT molecular complexity index is 802. The zero-order chi connectivity index (χ0) is 16.2. The van der Waals surface area contributed by atoms with E-state index in [1.807, 2.05) is 4.83 Å². The lowest BCUT2D eigenvalue weighted by molar-refractivity contribution is -0.384. The number of halogens is 1. The minimum atomic E-state index is -3.89. The van der Waals surface area contributed by atoms with Crippen molar-refractivity contribution in [2.45, 2.75) is 4.90 Å². The van der Waals surface area contributed by atoms with Crippen LogP contribution in [-0.4, -0.2) is 19.6 Å². The summed E-state index contributed by atoms with van der Waals surface area (Å²) in [4.78, 5) is 11.8. The fraction of sp³-hybridized carbons (Fsp3) is 0. The first-order valence-electron chi connectivity index (χ1n) is 5.93. The predicted octanol–water partition coefficient (Wildman–Crippen LogP) is 2.05. The quantitative estimate of drug-likeness (QED) is 0.517. The molecule has 0 unspecified atom stereocenters. The Hall–Kier alpha value is -2.81. The van der Waals surface area contributed by atoms with Gasteiger partial charge < -0.3 is 0 Å². The maximum Gasteiger partial charge on any atom is 0.276 e. The van der Waals surface area contributed by atoms with Crippen LogP contribution in [0.15, 0.2) is 58.5 Å². The van der Waals surface area contributed by atoms with Crippen molar-refractivity contribution >= 4 is 21.9 Å². The molecule has 1 N–H and O–H groups in total. The molecule has 2 aromatic carbocycles. The van der Waals surface area contributed by atoms with E-state index in [1.54, 1.807) is 0 Å². The first-order chi connectivity index (χ1) is 10.4. The monoisotopic (exact) mass is 323 g/mol. The van der Waals surface area contributed by atoms with Gasteiger partial charge in [-0.25, -0.2) is 9.22 Å². The maximum absolute atomic E-state index is 12.7. The number of rotatable bonds is 5. The molecule has 9 heteroatoms. The Labute approximate surface area is 125 Å². The SMILES string of the molecule is O=[N+]([O-])c1ccc(C=NNS(=O)(=O)c2ccc(F)cc2)cc1. The number of sulfonamides is 1. The summed E-state index contributed by atoms with van der Waals surface area (Å²) in [5.74, 6) is -0.548. The Kier molecular flexibility index (Phi) is 4.47. The number of hydrogen-bond donors (Lipinski definition) is 1. The lowest BCUT2D eigenvalue weighted by Crippen LogP contribution is -2.18. The average Bonchev–Trinajstić information content (AvgIpc) is 2.48. The molecule has 0 bridgehead atoms. The van der Waals surface area contributed by atoms with Gasteiger partial charge in [0.15, 0.2) is 0 Å². The van der Waals surface area contributed by atoms with Crippen molar-refractivity contribution in [3.63, 3.8) is 0 Å². The van der Waals surface area contributed by atoms with Gasteiger partial charge in [0.05, 0.1) is 16.0 Å². The standard InChI is InChI=1S/C13H10FN3O4S/c14-11-3-7-13(8-4-11)22(20,21)16-15-9-10-1-5-12(6-2-10)17(18)19/h1-9,16H. The second kappa shape index (κ2) is 6.31. The Morgan fingerprint density at radius 1 is 1.09 bits per heavy atom. The number of non-ortho nitro benzene ring substituents is 1. The number of nitrogens with zero attached hydrogens (tertiary/aromatic N) is 2. The summed E-state index contributed by atoms with van der Waals surface area (Å²) in [6.45, 7) is 0. The molecule has 0 aromatic heterocycles. The highest BCUT2D eigenvalue weighted by molar-refractivity contribution is 7.89. The molecule has 0 amide bonds. The molecule has 114 valence electrons. The van der Waals surface area contributed by atoms with E-state index in [4.69, 9.17) is 0 Å². The van der Waals surface area contributed by atoms with E-state index >= 15 is 0 Å². The van der Waals surface area contributed by atoms with Gasteiger partial charge >= 0.3 is 0 Å². The van der Waals surface area contributed by atoms with Crippen molar-refractivity contribution in [2.75, 3.05) is 0 Å². The van der Waals surface area contributed by atoms with Crippen LogP contribution in [0.3, 0.4) is 0 Å². The highest BCUT2D eigenvalue weighted by Crippen LogP contribution is 2.11. The minimum absolute atomic E-state index is 0.0796. The molecule has 0 aliphatic carbocycles. The summed E-state index contributed by atoms with van der Waals surface area (Å²) in [6.07, 6.45) is 1.20. The summed E-state index contributed by atoms with van der Waals surface area (Å²) in [7, 11) is -3.89.